The number of halogens is 1. The van der Waals surface area contributed by atoms with Crippen molar-refractivity contribution in [3.8, 4) is 5.75 Å². The predicted molar refractivity (Wildman–Crippen MR) is 89.3 cm³/mol. The third-order valence-corrected chi connectivity index (χ3v) is 3.81. The molecule has 0 aliphatic rings. The van der Waals surface area contributed by atoms with Gasteiger partial charge in [-0.05, 0) is 59.0 Å². The van der Waals surface area contributed by atoms with Gasteiger partial charge in [0.05, 0.1) is 13.7 Å². The third-order valence-electron chi connectivity index (χ3n) is 3.09. The average Bonchev–Trinajstić information content (AvgIpc) is 2.89. The molecule has 0 spiro atoms. The van der Waals surface area contributed by atoms with E-state index < -0.39 is 0 Å². The van der Waals surface area contributed by atoms with Crippen LogP contribution in [0.3, 0.4) is 0 Å². The van der Waals surface area contributed by atoms with Gasteiger partial charge in [0.25, 0.3) is 0 Å². The largest absolute Gasteiger partial charge is 0.493 e. The topological polar surface area (TPSA) is 34.4 Å². The molecule has 1 heterocycles. The van der Waals surface area contributed by atoms with Crippen LogP contribution in [-0.2, 0) is 6.54 Å². The number of furan rings is 1. The monoisotopic (exact) mass is 379 g/mol. The molecule has 0 saturated heterocycles. The van der Waals surface area contributed by atoms with Crippen LogP contribution in [0.15, 0.2) is 52.9 Å². The highest BCUT2D eigenvalue weighted by atomic mass is 127. The highest BCUT2D eigenvalue weighted by Gasteiger charge is 2.08. The van der Waals surface area contributed by atoms with Gasteiger partial charge in [-0.1, -0.05) is 12.1 Å². The summed E-state index contributed by atoms with van der Waals surface area (Å²) in [7, 11) is 1.65. The van der Waals surface area contributed by atoms with Crippen LogP contribution in [-0.4, -0.2) is 7.11 Å². The van der Waals surface area contributed by atoms with E-state index in [2.05, 4.69) is 52.2 Å². The number of anilines is 1. The van der Waals surface area contributed by atoms with E-state index in [1.54, 1.807) is 7.11 Å². The van der Waals surface area contributed by atoms with E-state index in [4.69, 9.17) is 9.15 Å². The molecule has 0 bridgehead atoms. The zero-order valence-electron chi connectivity index (χ0n) is 11.0. The van der Waals surface area contributed by atoms with E-state index in [-0.39, 0.29) is 0 Å². The first-order chi connectivity index (χ1) is 9.76. The maximum atomic E-state index is 5.85. The predicted octanol–water partition coefficient (Wildman–Crippen LogP) is 4.66. The Morgan fingerprint density at radius 3 is 2.70 bits per heavy atom. The number of nitrogens with one attached hydrogen (secondary N) is 1. The highest BCUT2D eigenvalue weighted by molar-refractivity contribution is 14.1. The minimum atomic E-state index is 0.651. The van der Waals surface area contributed by atoms with Crippen LogP contribution in [0.2, 0.25) is 0 Å². The van der Waals surface area contributed by atoms with Gasteiger partial charge >= 0.3 is 0 Å². The van der Waals surface area contributed by atoms with Crippen LogP contribution in [0.4, 0.5) is 5.69 Å². The van der Waals surface area contributed by atoms with E-state index in [1.165, 1.54) is 3.57 Å². The van der Waals surface area contributed by atoms with Gasteiger partial charge in [-0.15, -0.1) is 0 Å². The van der Waals surface area contributed by atoms with Gasteiger partial charge in [0, 0.05) is 14.6 Å². The van der Waals surface area contributed by atoms with Crippen LogP contribution in [0, 0.1) is 3.57 Å². The van der Waals surface area contributed by atoms with Crippen molar-refractivity contribution in [2.24, 2.45) is 0 Å². The lowest BCUT2D eigenvalue weighted by Gasteiger charge is -2.04. The summed E-state index contributed by atoms with van der Waals surface area (Å²) in [5.41, 5.74) is 1.88. The molecule has 3 rings (SSSR count). The molecule has 20 heavy (non-hydrogen) atoms. The molecule has 2 aromatic carbocycles. The van der Waals surface area contributed by atoms with Crippen LogP contribution in [0.1, 0.15) is 5.76 Å². The zero-order valence-corrected chi connectivity index (χ0v) is 13.2. The minimum Gasteiger partial charge on any atom is -0.493 e. The first kappa shape index (κ1) is 13.3. The quantitative estimate of drug-likeness (QED) is 0.670. The lowest BCUT2D eigenvalue weighted by atomic mass is 10.2. The van der Waals surface area contributed by atoms with Crippen LogP contribution >= 0.6 is 22.6 Å². The lowest BCUT2D eigenvalue weighted by molar-refractivity contribution is 0.408. The average molecular weight is 379 g/mol. The normalized spacial score (nSPS) is 10.7. The number of benzene rings is 2. The van der Waals surface area contributed by atoms with Crippen molar-refractivity contribution in [2.45, 2.75) is 6.54 Å². The molecule has 0 unspecified atom stereocenters. The summed E-state index contributed by atoms with van der Waals surface area (Å²) in [4.78, 5) is 0. The van der Waals surface area contributed by atoms with E-state index in [1.807, 2.05) is 24.3 Å². The maximum Gasteiger partial charge on any atom is 0.176 e. The van der Waals surface area contributed by atoms with Gasteiger partial charge in [-0.3, -0.25) is 0 Å². The molecular weight excluding hydrogens is 365 g/mol. The number of fused-ring (bicyclic) bond motifs is 1. The number of para-hydroxylation sites is 1. The summed E-state index contributed by atoms with van der Waals surface area (Å²) in [5.74, 6) is 1.66. The van der Waals surface area contributed by atoms with E-state index in [0.717, 1.165) is 28.2 Å². The molecule has 0 saturated carbocycles. The van der Waals surface area contributed by atoms with Gasteiger partial charge in [-0.25, -0.2) is 0 Å². The zero-order chi connectivity index (χ0) is 13.9. The highest BCUT2D eigenvalue weighted by Crippen LogP contribution is 2.28. The van der Waals surface area contributed by atoms with Crippen LogP contribution in [0.25, 0.3) is 11.0 Å². The summed E-state index contributed by atoms with van der Waals surface area (Å²) in [6, 6.07) is 16.2. The Balaban J connectivity index is 1.79. The summed E-state index contributed by atoms with van der Waals surface area (Å²) >= 11 is 2.29. The fraction of sp³-hybridized carbons (Fsp3) is 0.125. The maximum absolute atomic E-state index is 5.85. The van der Waals surface area contributed by atoms with Gasteiger partial charge in [0.15, 0.2) is 11.3 Å². The number of hydrogen-bond acceptors (Lipinski definition) is 3. The molecule has 0 aliphatic carbocycles. The molecule has 1 N–H and O–H groups in total. The molecule has 1 aromatic heterocycles. The van der Waals surface area contributed by atoms with Crippen molar-refractivity contribution >= 4 is 39.2 Å². The fourth-order valence-corrected chi connectivity index (χ4v) is 2.45. The standard InChI is InChI=1S/C16H14INO2/c1-19-15-4-2-3-11-9-14(20-16(11)15)10-18-13-7-5-12(17)6-8-13/h2-9,18H,10H2,1H3. The first-order valence-electron chi connectivity index (χ1n) is 6.31. The summed E-state index contributed by atoms with van der Waals surface area (Å²) in [6.07, 6.45) is 0. The Hall–Kier alpha value is -1.69. The summed E-state index contributed by atoms with van der Waals surface area (Å²) in [5, 5.41) is 4.41. The smallest absolute Gasteiger partial charge is 0.176 e. The van der Waals surface area contributed by atoms with Crippen molar-refractivity contribution in [1.82, 2.24) is 0 Å². The van der Waals surface area contributed by atoms with Crippen LogP contribution in [0.5, 0.6) is 5.75 Å². The Morgan fingerprint density at radius 1 is 1.15 bits per heavy atom. The molecule has 3 nitrogen and oxygen atoms in total. The Kier molecular flexibility index (Phi) is 3.82. The van der Waals surface area contributed by atoms with Gasteiger partial charge < -0.3 is 14.5 Å². The van der Waals surface area contributed by atoms with Gasteiger partial charge in [0.2, 0.25) is 0 Å². The molecule has 3 aromatic rings. The molecular formula is C16H14INO2. The first-order valence-corrected chi connectivity index (χ1v) is 7.39. The Morgan fingerprint density at radius 2 is 1.95 bits per heavy atom. The number of rotatable bonds is 4. The summed E-state index contributed by atoms with van der Waals surface area (Å²) < 4.78 is 12.4. The SMILES string of the molecule is COc1cccc2cc(CNc3ccc(I)cc3)oc12. The fourth-order valence-electron chi connectivity index (χ4n) is 2.09. The molecule has 0 fully saturated rings. The number of methoxy groups -OCH3 is 1. The summed E-state index contributed by atoms with van der Waals surface area (Å²) in [6.45, 7) is 0.651. The van der Waals surface area contributed by atoms with Crippen molar-refractivity contribution < 1.29 is 9.15 Å². The molecule has 0 amide bonds. The van der Waals surface area contributed by atoms with E-state index >= 15 is 0 Å². The molecule has 4 heteroatoms. The van der Waals surface area contributed by atoms with Crippen molar-refractivity contribution in [1.29, 1.82) is 0 Å². The minimum absolute atomic E-state index is 0.651. The van der Waals surface area contributed by atoms with Crippen LogP contribution < -0.4 is 10.1 Å². The molecule has 102 valence electrons. The number of hydrogen-bond donors (Lipinski definition) is 1. The third kappa shape index (κ3) is 2.75. The second-order valence-corrected chi connectivity index (χ2v) is 5.70. The van der Waals surface area contributed by atoms with Crippen molar-refractivity contribution in [2.75, 3.05) is 12.4 Å². The van der Waals surface area contributed by atoms with Crippen molar-refractivity contribution in [3.05, 3.63) is 57.9 Å². The second-order valence-electron chi connectivity index (χ2n) is 4.45. The van der Waals surface area contributed by atoms with Gasteiger partial charge in [0.1, 0.15) is 5.76 Å². The van der Waals surface area contributed by atoms with Crippen molar-refractivity contribution in [3.63, 3.8) is 0 Å². The Bertz CT molecular complexity index is 719. The van der Waals surface area contributed by atoms with E-state index in [0.29, 0.717) is 6.54 Å². The number of ether oxygens (including phenoxy) is 1. The lowest BCUT2D eigenvalue weighted by Crippen LogP contribution is -1.97. The van der Waals surface area contributed by atoms with E-state index in [9.17, 15) is 0 Å². The molecule has 0 radical (unpaired) electrons. The molecule has 0 atom stereocenters. The second kappa shape index (κ2) is 5.75. The Labute approximate surface area is 131 Å². The van der Waals surface area contributed by atoms with Gasteiger partial charge in [-0.2, -0.15) is 0 Å². The molecule has 0 aliphatic heterocycles.